The Morgan fingerprint density at radius 3 is 1.38 bits per heavy atom. The molecule has 0 amide bonds. The molecule has 5 heteroatoms. The molecule has 0 bridgehead atoms. The molecule has 0 N–H and O–H groups in total. The molecule has 3 nitrogen and oxygen atoms in total. The zero-order valence-electron chi connectivity index (χ0n) is 20.1. The summed E-state index contributed by atoms with van der Waals surface area (Å²) in [6, 6.07) is 0.701. The predicted molar refractivity (Wildman–Crippen MR) is 127 cm³/mol. The smallest absolute Gasteiger partial charge is 0.377 e. The zero-order chi connectivity index (χ0) is 22.1. The molecule has 0 aliphatic heterocycles. The van der Waals surface area contributed by atoms with Crippen LogP contribution in [0, 0.1) is 26.8 Å². The Labute approximate surface area is 199 Å². The Kier molecular flexibility index (Phi) is 38.5. The van der Waals surface area contributed by atoms with Crippen molar-refractivity contribution >= 4 is 8.80 Å². The normalized spacial score (nSPS) is 11.7. The van der Waals surface area contributed by atoms with Gasteiger partial charge in [0.25, 0.3) is 0 Å². The Balaban J connectivity index is -0.000000164. The summed E-state index contributed by atoms with van der Waals surface area (Å²) in [6.45, 7) is 17.5. The monoisotopic (exact) mass is 607 g/mol. The van der Waals surface area contributed by atoms with Crippen molar-refractivity contribution in [2.75, 3.05) is 21.3 Å². The van der Waals surface area contributed by atoms with Gasteiger partial charge < -0.3 is 34.0 Å². The first kappa shape index (κ1) is 36.6. The van der Waals surface area contributed by atoms with Crippen LogP contribution in [0.3, 0.4) is 0 Å². The maximum Gasteiger partial charge on any atom is 4.00 e. The van der Waals surface area contributed by atoms with E-state index in [1.807, 2.05) is 6.08 Å². The quantitative estimate of drug-likeness (QED) is 0.179. The average Bonchev–Trinajstić information content (AvgIpc) is 3.22. The number of allylic oxidation sites excluding steroid dienone is 4. The third-order valence-corrected chi connectivity index (χ3v) is 6.60. The molecule has 29 heavy (non-hydrogen) atoms. The summed E-state index contributed by atoms with van der Waals surface area (Å²) in [4.78, 5) is 0. The van der Waals surface area contributed by atoms with Crippen LogP contribution in [0.2, 0.25) is 6.04 Å². The van der Waals surface area contributed by atoms with Crippen LogP contribution >= 0.6 is 0 Å². The van der Waals surface area contributed by atoms with Gasteiger partial charge in [0.2, 0.25) is 0 Å². The molecule has 0 unspecified atom stereocenters. The van der Waals surface area contributed by atoms with Gasteiger partial charge in [-0.15, -0.1) is 6.42 Å². The van der Waals surface area contributed by atoms with Gasteiger partial charge in [-0.05, 0) is 0 Å². The van der Waals surface area contributed by atoms with E-state index in [1.165, 1.54) is 38.5 Å². The summed E-state index contributed by atoms with van der Waals surface area (Å²) in [7, 11) is 2.44. The van der Waals surface area contributed by atoms with Crippen molar-refractivity contribution in [2.24, 2.45) is 0 Å². The summed E-state index contributed by atoms with van der Waals surface area (Å²) in [5.74, 6) is 0. The van der Waals surface area contributed by atoms with Gasteiger partial charge in [0.15, 0.2) is 0 Å². The molecule has 0 spiro atoms. The van der Waals surface area contributed by atoms with Crippen LogP contribution in [0.25, 0.3) is 0 Å². The molecule has 1 rings (SSSR count). The summed E-state index contributed by atoms with van der Waals surface area (Å²) in [5.41, 5.74) is 1.12. The average molecular weight is 608 g/mol. The van der Waals surface area contributed by atoms with Crippen LogP contribution in [0.4, 0.5) is 0 Å². The molecule has 0 saturated heterocycles. The van der Waals surface area contributed by atoms with Gasteiger partial charge in [-0.3, -0.25) is 6.08 Å². The minimum atomic E-state index is -2.43. The van der Waals surface area contributed by atoms with E-state index in [0.717, 1.165) is 31.3 Å². The van der Waals surface area contributed by atoms with Crippen molar-refractivity contribution in [1.29, 1.82) is 0 Å². The molecule has 1 aliphatic rings. The van der Waals surface area contributed by atoms with Gasteiger partial charge in [0.05, 0.1) is 0 Å². The van der Waals surface area contributed by atoms with Gasteiger partial charge in [-0.25, -0.2) is 11.6 Å². The molecular formula is C24H48O3PtSi. The van der Waals surface area contributed by atoms with E-state index in [-0.39, 0.29) is 21.1 Å². The van der Waals surface area contributed by atoms with Gasteiger partial charge in [0.1, 0.15) is 0 Å². The first-order chi connectivity index (χ1) is 13.5. The molecule has 0 radical (unpaired) electrons. The Hall–Kier alpha value is 0.265. The fourth-order valence-electron chi connectivity index (χ4n) is 2.02. The van der Waals surface area contributed by atoms with Crippen LogP contribution in [0.15, 0.2) is 17.7 Å². The molecule has 0 heterocycles. The second kappa shape index (κ2) is 30.5. The maximum atomic E-state index is 5.30. The molecule has 0 aromatic heterocycles. The molecule has 0 saturated carbocycles. The zero-order valence-corrected chi connectivity index (χ0v) is 23.4. The van der Waals surface area contributed by atoms with E-state index >= 15 is 0 Å². The molecular weight excluding hydrogens is 559 g/mol. The molecule has 0 aromatic carbocycles. The predicted octanol–water partition coefficient (Wildman–Crippen LogP) is 7.58. The fourth-order valence-corrected chi connectivity index (χ4v) is 3.66. The van der Waals surface area contributed by atoms with E-state index in [1.54, 1.807) is 21.3 Å². The number of rotatable bonds is 11. The van der Waals surface area contributed by atoms with Crippen molar-refractivity contribution in [2.45, 2.75) is 91.0 Å². The second-order valence-corrected chi connectivity index (χ2v) is 9.35. The third kappa shape index (κ3) is 26.2. The van der Waals surface area contributed by atoms with Gasteiger partial charge in [-0.1, -0.05) is 59.3 Å². The Morgan fingerprint density at radius 1 is 0.828 bits per heavy atom. The van der Waals surface area contributed by atoms with E-state index in [2.05, 4.69) is 53.7 Å². The van der Waals surface area contributed by atoms with E-state index in [4.69, 9.17) is 13.3 Å². The number of hydrogen-bond acceptors (Lipinski definition) is 3. The first-order valence-corrected chi connectivity index (χ1v) is 12.7. The summed E-state index contributed by atoms with van der Waals surface area (Å²) in [6.07, 6.45) is 19.2. The van der Waals surface area contributed by atoms with Crippen molar-refractivity contribution in [3.05, 3.63) is 44.6 Å². The van der Waals surface area contributed by atoms with Crippen LogP contribution in [0.5, 0.6) is 0 Å². The summed E-state index contributed by atoms with van der Waals surface area (Å²) >= 11 is 0. The van der Waals surface area contributed by atoms with Crippen LogP contribution in [0.1, 0.15) is 85.0 Å². The first-order valence-electron chi connectivity index (χ1n) is 10.8. The van der Waals surface area contributed by atoms with E-state index in [9.17, 15) is 0 Å². The van der Waals surface area contributed by atoms with Gasteiger partial charge in [-0.2, -0.15) is 25.3 Å². The van der Waals surface area contributed by atoms with Gasteiger partial charge >= 0.3 is 29.9 Å². The molecule has 176 valence electrons. The molecule has 0 atom stereocenters. The number of unbranched alkanes of at least 4 members (excludes halogenated alkanes) is 6. The number of hydrogen-bond donors (Lipinski definition) is 0. The largest absolute Gasteiger partial charge is 4.00 e. The minimum absolute atomic E-state index is 0. The molecule has 0 fully saturated rings. The Bertz CT molecular complexity index is 314. The second-order valence-electron chi connectivity index (χ2n) is 6.40. The van der Waals surface area contributed by atoms with Crippen molar-refractivity contribution in [3.8, 4) is 0 Å². The van der Waals surface area contributed by atoms with Crippen LogP contribution < -0.4 is 0 Å². The van der Waals surface area contributed by atoms with E-state index in [0.29, 0.717) is 6.04 Å². The topological polar surface area (TPSA) is 27.7 Å². The third-order valence-electron chi connectivity index (χ3n) is 3.92. The van der Waals surface area contributed by atoms with E-state index < -0.39 is 8.80 Å². The van der Waals surface area contributed by atoms with Gasteiger partial charge in [0, 0.05) is 27.4 Å². The molecule has 0 aromatic rings. The maximum absolute atomic E-state index is 5.30. The van der Waals surface area contributed by atoms with Crippen molar-refractivity contribution in [3.63, 3.8) is 0 Å². The SMILES string of the molecule is CO[Si](CC1=[C-]CC=C1)(OC)OC.[CH2-]CCCC.[CH2-]CCCC.[CH2-]CCCC.[Pt+4]. The van der Waals surface area contributed by atoms with Crippen LogP contribution in [-0.2, 0) is 34.3 Å². The standard InChI is InChI=1S/C9H15O3Si.3C5H11.Pt/c1-10-13(11-2,12-3)8-9-6-4-5-7-9;3*1-3-5-4-2;/h4,6H,5,8H2,1-3H3;3*1,3-5H2,2H3;/q4*-1;+4. The van der Waals surface area contributed by atoms with Crippen molar-refractivity contribution < 1.29 is 34.3 Å². The fraction of sp³-hybridized carbons (Fsp3) is 0.708. The Morgan fingerprint density at radius 2 is 1.21 bits per heavy atom. The summed E-state index contributed by atoms with van der Waals surface area (Å²) in [5, 5.41) is 0. The summed E-state index contributed by atoms with van der Waals surface area (Å²) < 4.78 is 15.9. The minimum Gasteiger partial charge on any atom is -0.377 e. The molecule has 1 aliphatic carbocycles. The van der Waals surface area contributed by atoms with Crippen molar-refractivity contribution in [1.82, 2.24) is 0 Å². The van der Waals surface area contributed by atoms with Crippen LogP contribution in [-0.4, -0.2) is 30.1 Å².